The van der Waals surface area contributed by atoms with Crippen molar-refractivity contribution in [2.75, 3.05) is 33.3 Å². The number of nitrogens with zero attached hydrogens (tertiary/aromatic N) is 3. The van der Waals surface area contributed by atoms with Crippen molar-refractivity contribution in [3.63, 3.8) is 0 Å². The van der Waals surface area contributed by atoms with E-state index in [0.717, 1.165) is 16.7 Å². The average Bonchev–Trinajstić information content (AvgIpc) is 3.23. The zero-order chi connectivity index (χ0) is 29.3. The van der Waals surface area contributed by atoms with Crippen LogP contribution in [0.25, 0.3) is 11.1 Å². The van der Waals surface area contributed by atoms with E-state index in [9.17, 15) is 9.59 Å². The molecule has 0 unspecified atom stereocenters. The molecule has 0 bridgehead atoms. The molecule has 5 rings (SSSR count). The average molecular weight is 643 g/mol. The SMILES string of the molecule is CN(C[C@@H]1CN(C(=O)OC(C)(C)C)C[C@@H](c2cc(Cl)nc(Br)c2)O1)C(=O)OCC1c2ccccc2-c2ccccc21. The third kappa shape index (κ3) is 6.85. The van der Waals surface area contributed by atoms with Gasteiger partial charge in [0, 0.05) is 13.0 Å². The first-order valence-electron chi connectivity index (χ1n) is 13.5. The van der Waals surface area contributed by atoms with Crippen molar-refractivity contribution >= 4 is 39.7 Å². The molecule has 8 nitrogen and oxygen atoms in total. The zero-order valence-corrected chi connectivity index (χ0v) is 25.8. The minimum absolute atomic E-state index is 0.0346. The van der Waals surface area contributed by atoms with Crippen molar-refractivity contribution in [3.05, 3.63) is 87.1 Å². The molecule has 1 saturated heterocycles. The molecule has 1 aliphatic carbocycles. The number of ether oxygens (including phenoxy) is 3. The summed E-state index contributed by atoms with van der Waals surface area (Å²) >= 11 is 9.58. The third-order valence-corrected chi connectivity index (χ3v) is 7.70. The van der Waals surface area contributed by atoms with Crippen LogP contribution in [0.2, 0.25) is 5.15 Å². The summed E-state index contributed by atoms with van der Waals surface area (Å²) in [6.07, 6.45) is -1.89. The Morgan fingerprint density at radius 3 is 2.32 bits per heavy atom. The minimum atomic E-state index is -0.651. The number of hydrogen-bond acceptors (Lipinski definition) is 6. The summed E-state index contributed by atoms with van der Waals surface area (Å²) in [4.78, 5) is 33.4. The van der Waals surface area contributed by atoms with E-state index in [2.05, 4.69) is 45.2 Å². The molecule has 2 atom stereocenters. The van der Waals surface area contributed by atoms with Crippen molar-refractivity contribution in [1.29, 1.82) is 0 Å². The van der Waals surface area contributed by atoms with Crippen LogP contribution in [0.4, 0.5) is 9.59 Å². The Balaban J connectivity index is 1.27. The molecule has 216 valence electrons. The quantitative estimate of drug-likeness (QED) is 0.278. The minimum Gasteiger partial charge on any atom is -0.448 e. The van der Waals surface area contributed by atoms with Gasteiger partial charge in [-0.3, -0.25) is 0 Å². The number of likely N-dealkylation sites (N-methyl/N-ethyl adjacent to an activating group) is 1. The van der Waals surface area contributed by atoms with Gasteiger partial charge in [0.25, 0.3) is 0 Å². The standard InChI is InChI=1S/C31H33BrClN3O5/c1-31(2,3)41-30(38)36-16-20(40-26(17-36)19-13-27(32)34-28(33)14-19)15-35(4)29(37)39-18-25-23-11-7-5-9-21(23)22-10-6-8-12-24(22)25/h5-14,20,25-26H,15-18H2,1-4H3/t20-,26+/m1/s1. The lowest BCUT2D eigenvalue weighted by Gasteiger charge is -2.39. The Bertz CT molecular complexity index is 1380. The molecular weight excluding hydrogens is 610 g/mol. The van der Waals surface area contributed by atoms with Gasteiger partial charge in [0.05, 0.1) is 25.7 Å². The number of halogens is 2. The summed E-state index contributed by atoms with van der Waals surface area (Å²) < 4.78 is 18.4. The molecule has 2 aliphatic rings. The molecular formula is C31H33BrClN3O5. The van der Waals surface area contributed by atoms with Crippen LogP contribution >= 0.6 is 27.5 Å². The lowest BCUT2D eigenvalue weighted by Crippen LogP contribution is -2.52. The fourth-order valence-corrected chi connectivity index (χ4v) is 6.13. The van der Waals surface area contributed by atoms with E-state index in [1.54, 1.807) is 18.0 Å². The smallest absolute Gasteiger partial charge is 0.410 e. The second-order valence-corrected chi connectivity index (χ2v) is 12.6. The van der Waals surface area contributed by atoms with Crippen LogP contribution in [-0.4, -0.2) is 72.0 Å². The molecule has 1 aliphatic heterocycles. The number of aromatic nitrogens is 1. The van der Waals surface area contributed by atoms with Gasteiger partial charge in [-0.2, -0.15) is 0 Å². The molecule has 2 aromatic carbocycles. The van der Waals surface area contributed by atoms with E-state index in [-0.39, 0.29) is 32.2 Å². The van der Waals surface area contributed by atoms with Gasteiger partial charge in [0.2, 0.25) is 0 Å². The Labute approximate surface area is 253 Å². The Hall–Kier alpha value is -3.14. The van der Waals surface area contributed by atoms with Crippen LogP contribution in [-0.2, 0) is 14.2 Å². The summed E-state index contributed by atoms with van der Waals surface area (Å²) in [5, 5.41) is 0.305. The lowest BCUT2D eigenvalue weighted by molar-refractivity contribution is -0.0949. The van der Waals surface area contributed by atoms with Crippen molar-refractivity contribution in [3.8, 4) is 11.1 Å². The molecule has 0 saturated carbocycles. The molecule has 41 heavy (non-hydrogen) atoms. The van der Waals surface area contributed by atoms with Gasteiger partial charge in [-0.05, 0) is 76.7 Å². The van der Waals surface area contributed by atoms with E-state index in [1.807, 2.05) is 51.1 Å². The highest BCUT2D eigenvalue weighted by molar-refractivity contribution is 9.10. The Kier molecular flexibility index (Phi) is 8.59. The molecule has 0 N–H and O–H groups in total. The summed E-state index contributed by atoms with van der Waals surface area (Å²) in [5.74, 6) is -0.0346. The normalized spacial score (nSPS) is 18.4. The molecule has 2 amide bonds. The van der Waals surface area contributed by atoms with Crippen molar-refractivity contribution < 1.29 is 23.8 Å². The molecule has 0 radical (unpaired) electrons. The number of hydrogen-bond donors (Lipinski definition) is 0. The topological polar surface area (TPSA) is 81.2 Å². The highest BCUT2D eigenvalue weighted by atomic mass is 79.9. The van der Waals surface area contributed by atoms with Crippen molar-refractivity contribution in [2.24, 2.45) is 0 Å². The summed E-state index contributed by atoms with van der Waals surface area (Å²) in [6.45, 7) is 6.44. The number of pyridine rings is 1. The first kappa shape index (κ1) is 29.4. The van der Waals surface area contributed by atoms with E-state index < -0.39 is 30.0 Å². The zero-order valence-electron chi connectivity index (χ0n) is 23.5. The van der Waals surface area contributed by atoms with Gasteiger partial charge >= 0.3 is 12.2 Å². The molecule has 1 aromatic heterocycles. The summed E-state index contributed by atoms with van der Waals surface area (Å²) in [7, 11) is 1.67. The van der Waals surface area contributed by atoms with E-state index in [1.165, 1.54) is 16.0 Å². The van der Waals surface area contributed by atoms with Crippen molar-refractivity contribution in [2.45, 2.75) is 44.5 Å². The maximum absolute atomic E-state index is 13.2. The molecule has 1 fully saturated rings. The Morgan fingerprint density at radius 1 is 1.07 bits per heavy atom. The van der Waals surface area contributed by atoms with Gasteiger partial charge in [-0.15, -0.1) is 0 Å². The number of amides is 2. The maximum atomic E-state index is 13.2. The first-order valence-corrected chi connectivity index (χ1v) is 14.7. The molecule has 3 aromatic rings. The third-order valence-electron chi connectivity index (χ3n) is 7.10. The predicted molar refractivity (Wildman–Crippen MR) is 160 cm³/mol. The maximum Gasteiger partial charge on any atom is 0.410 e. The van der Waals surface area contributed by atoms with Crippen LogP contribution in [0.1, 0.15) is 49.5 Å². The van der Waals surface area contributed by atoms with Gasteiger partial charge < -0.3 is 24.0 Å². The Morgan fingerprint density at radius 2 is 1.71 bits per heavy atom. The number of fused-ring (bicyclic) bond motifs is 3. The second kappa shape index (κ2) is 12.0. The number of benzene rings is 2. The van der Waals surface area contributed by atoms with Gasteiger partial charge in [-0.1, -0.05) is 60.1 Å². The van der Waals surface area contributed by atoms with Crippen LogP contribution in [0, 0.1) is 0 Å². The molecule has 0 spiro atoms. The van der Waals surface area contributed by atoms with E-state index in [0.29, 0.717) is 9.76 Å². The number of rotatable bonds is 5. The number of carbonyl (C=O) groups excluding carboxylic acids is 2. The van der Waals surface area contributed by atoms with Crippen LogP contribution in [0.5, 0.6) is 0 Å². The van der Waals surface area contributed by atoms with Crippen LogP contribution < -0.4 is 0 Å². The highest BCUT2D eigenvalue weighted by Crippen LogP contribution is 2.44. The van der Waals surface area contributed by atoms with E-state index in [4.69, 9.17) is 25.8 Å². The van der Waals surface area contributed by atoms with Gasteiger partial charge in [0.1, 0.15) is 28.1 Å². The monoisotopic (exact) mass is 641 g/mol. The number of morpholine rings is 1. The predicted octanol–water partition coefficient (Wildman–Crippen LogP) is 7.06. The fraction of sp³-hybridized carbons (Fsp3) is 0.387. The summed E-state index contributed by atoms with van der Waals surface area (Å²) in [5.41, 5.74) is 4.75. The van der Waals surface area contributed by atoms with Gasteiger partial charge in [-0.25, -0.2) is 14.6 Å². The van der Waals surface area contributed by atoms with Crippen LogP contribution in [0.3, 0.4) is 0 Å². The fourth-order valence-electron chi connectivity index (χ4n) is 5.35. The molecule has 10 heteroatoms. The number of carbonyl (C=O) groups is 2. The first-order chi connectivity index (χ1) is 19.5. The van der Waals surface area contributed by atoms with E-state index >= 15 is 0 Å². The van der Waals surface area contributed by atoms with Crippen molar-refractivity contribution in [1.82, 2.24) is 14.8 Å². The highest BCUT2D eigenvalue weighted by Gasteiger charge is 2.36. The lowest BCUT2D eigenvalue weighted by atomic mass is 9.98. The largest absolute Gasteiger partial charge is 0.448 e. The van der Waals surface area contributed by atoms with Crippen LogP contribution in [0.15, 0.2) is 65.3 Å². The second-order valence-electron chi connectivity index (χ2n) is 11.4. The van der Waals surface area contributed by atoms with Gasteiger partial charge in [0.15, 0.2) is 0 Å². The molecule has 2 heterocycles. The summed E-state index contributed by atoms with van der Waals surface area (Å²) in [6, 6.07) is 20.0.